The highest BCUT2D eigenvalue weighted by molar-refractivity contribution is 7.14. The third-order valence-corrected chi connectivity index (χ3v) is 5.27. The van der Waals surface area contributed by atoms with E-state index in [4.69, 9.17) is 4.74 Å². The second-order valence-electron chi connectivity index (χ2n) is 6.14. The molecule has 0 saturated heterocycles. The fourth-order valence-electron chi connectivity index (χ4n) is 3.34. The summed E-state index contributed by atoms with van der Waals surface area (Å²) < 4.78 is 18.2. The fourth-order valence-corrected chi connectivity index (χ4v) is 3.89. The first-order valence-electron chi connectivity index (χ1n) is 8.04. The van der Waals surface area contributed by atoms with Crippen LogP contribution in [0.15, 0.2) is 18.0 Å². The number of anilines is 1. The minimum atomic E-state index is -0.600. The number of thiazole rings is 1. The van der Waals surface area contributed by atoms with Gasteiger partial charge in [-0.2, -0.15) is 4.39 Å². The van der Waals surface area contributed by atoms with Gasteiger partial charge in [0.25, 0.3) is 5.91 Å². The zero-order valence-corrected chi connectivity index (χ0v) is 14.3. The number of nitrogens with zero attached hydrogens (tertiary/aromatic N) is 2. The number of nitrogens with one attached hydrogen (secondary N) is 1. The Hall–Kier alpha value is -1.96. The van der Waals surface area contributed by atoms with Gasteiger partial charge in [0.2, 0.25) is 5.91 Å². The average Bonchev–Trinajstić information content (AvgIpc) is 3.27. The molecule has 6 nitrogen and oxygen atoms in total. The van der Waals surface area contributed by atoms with Gasteiger partial charge in [-0.1, -0.05) is 37.0 Å². The van der Waals surface area contributed by atoms with Crippen LogP contribution in [0.5, 0.6) is 0 Å². The Labute approximate surface area is 145 Å². The smallest absolute Gasteiger partial charge is 0.251 e. The lowest BCUT2D eigenvalue weighted by Crippen LogP contribution is -2.46. The monoisotopic (exact) mass is 355 g/mol. The molecule has 1 aliphatic carbocycles. The Morgan fingerprint density at radius 1 is 1.58 bits per heavy atom. The molecular weight excluding hydrogens is 333 g/mol. The number of carbonyl (C=O) groups excluding carboxylic acids is 2. The predicted octanol–water partition coefficient (Wildman–Crippen LogP) is 2.79. The predicted molar refractivity (Wildman–Crippen MR) is 90.0 cm³/mol. The van der Waals surface area contributed by atoms with Gasteiger partial charge in [0, 0.05) is 7.50 Å². The molecule has 1 saturated carbocycles. The van der Waals surface area contributed by atoms with Crippen LogP contribution in [0.4, 0.5) is 9.52 Å². The lowest BCUT2D eigenvalue weighted by atomic mass is 9.97. The molecule has 2 amide bonds. The molecule has 0 aromatic carbocycles. The lowest BCUT2D eigenvalue weighted by Gasteiger charge is -2.28. The van der Waals surface area contributed by atoms with Crippen molar-refractivity contribution in [3.8, 4) is 0 Å². The number of rotatable bonds is 6. The van der Waals surface area contributed by atoms with Crippen LogP contribution >= 0.6 is 11.3 Å². The van der Waals surface area contributed by atoms with Crippen molar-refractivity contribution >= 4 is 28.3 Å². The van der Waals surface area contributed by atoms with Gasteiger partial charge in [-0.3, -0.25) is 9.59 Å². The van der Waals surface area contributed by atoms with Crippen molar-refractivity contribution < 1.29 is 20.1 Å². The summed E-state index contributed by atoms with van der Waals surface area (Å²) in [5.41, 5.74) is 0. The highest BCUT2D eigenvalue weighted by Crippen LogP contribution is 2.31. The summed E-state index contributed by atoms with van der Waals surface area (Å²) in [5.74, 6) is 0.420. The summed E-state index contributed by atoms with van der Waals surface area (Å²) in [7, 11) is 1.51. The molecule has 2 heterocycles. The molecule has 0 spiro atoms. The molecule has 0 bridgehead atoms. The molecule has 1 atom stereocenters. The minimum Gasteiger partial charge on any atom is -0.499 e. The molecule has 1 aromatic heterocycles. The van der Waals surface area contributed by atoms with Crippen LogP contribution in [0.25, 0.3) is 0 Å². The quantitative estimate of drug-likeness (QED) is 0.852. The Morgan fingerprint density at radius 2 is 2.33 bits per heavy atom. The van der Waals surface area contributed by atoms with Crippen molar-refractivity contribution in [2.24, 2.45) is 5.92 Å². The summed E-state index contributed by atoms with van der Waals surface area (Å²) in [4.78, 5) is 30.3. The molecular formula is C16H22FN3O3S. The van der Waals surface area contributed by atoms with Crippen molar-refractivity contribution in [2.75, 3.05) is 19.0 Å². The number of carbonyl (C=O) groups is 2. The second kappa shape index (κ2) is 7.29. The third-order valence-electron chi connectivity index (χ3n) is 4.57. The van der Waals surface area contributed by atoms with E-state index in [-0.39, 0.29) is 24.9 Å². The molecule has 132 valence electrons. The number of hydrogen-bond acceptors (Lipinski definition) is 5. The largest absolute Gasteiger partial charge is 0.499 e. The number of methoxy groups -OCH3 is 1. The molecule has 2 aliphatic rings. The Balaban J connectivity index is 0.00000225. The van der Waals surface area contributed by atoms with Crippen molar-refractivity contribution in [3.05, 3.63) is 23.2 Å². The van der Waals surface area contributed by atoms with Crippen LogP contribution in [0.2, 0.25) is 0 Å². The standard InChI is InChI=1S/C16H20FN3O3S.H2/c1-23-11-7-14(21)20(9-11)12(6-10-4-2-3-5-10)15(22)19-16-18-8-13(17)24-16;/h7-8,10,12H,2-6,9H2,1H3,(H,18,19,22);1H/t12-;/m0./s1. The van der Waals surface area contributed by atoms with Crippen molar-refractivity contribution in [1.29, 1.82) is 0 Å². The molecule has 1 aliphatic heterocycles. The topological polar surface area (TPSA) is 71.5 Å². The van der Waals surface area contributed by atoms with Crippen LogP contribution < -0.4 is 5.32 Å². The molecule has 8 heteroatoms. The summed E-state index contributed by atoms with van der Waals surface area (Å²) >= 11 is 0.774. The van der Waals surface area contributed by atoms with Crippen LogP contribution in [0.1, 0.15) is 33.5 Å². The van der Waals surface area contributed by atoms with Gasteiger partial charge in [-0.15, -0.1) is 0 Å². The first-order valence-corrected chi connectivity index (χ1v) is 8.86. The molecule has 1 aromatic rings. The maximum Gasteiger partial charge on any atom is 0.251 e. The van der Waals surface area contributed by atoms with E-state index >= 15 is 0 Å². The number of halogens is 1. The maximum absolute atomic E-state index is 13.1. The Bertz CT molecular complexity index is 661. The summed E-state index contributed by atoms with van der Waals surface area (Å²) in [6.07, 6.45) is 7.55. The second-order valence-corrected chi connectivity index (χ2v) is 7.12. The minimum absolute atomic E-state index is 0. The van der Waals surface area contributed by atoms with Gasteiger partial charge in [0.1, 0.15) is 11.8 Å². The fraction of sp³-hybridized carbons (Fsp3) is 0.562. The zero-order valence-electron chi connectivity index (χ0n) is 13.5. The first-order chi connectivity index (χ1) is 11.6. The van der Waals surface area contributed by atoms with E-state index in [2.05, 4.69) is 10.3 Å². The summed E-state index contributed by atoms with van der Waals surface area (Å²) in [6, 6.07) is -0.600. The van der Waals surface area contributed by atoms with Crippen molar-refractivity contribution in [1.82, 2.24) is 9.88 Å². The van der Waals surface area contributed by atoms with E-state index in [0.717, 1.165) is 43.2 Å². The van der Waals surface area contributed by atoms with Crippen LogP contribution in [-0.2, 0) is 14.3 Å². The van der Waals surface area contributed by atoms with Crippen LogP contribution in [-0.4, -0.2) is 41.4 Å². The van der Waals surface area contributed by atoms with E-state index in [9.17, 15) is 14.0 Å². The van der Waals surface area contributed by atoms with Crippen LogP contribution in [0, 0.1) is 11.0 Å². The Kier molecular flexibility index (Phi) is 5.13. The first kappa shape index (κ1) is 16.9. The average molecular weight is 355 g/mol. The SMILES string of the molecule is COC1=CC(=O)N([C@@H](CC2CCCC2)C(=O)Nc2ncc(F)s2)C1.[HH]. The molecule has 1 fully saturated rings. The highest BCUT2D eigenvalue weighted by atomic mass is 32.1. The summed E-state index contributed by atoms with van der Waals surface area (Å²) in [5, 5.41) is 2.39. The molecule has 3 rings (SSSR count). The lowest BCUT2D eigenvalue weighted by molar-refractivity contribution is -0.134. The molecule has 24 heavy (non-hydrogen) atoms. The van der Waals surface area contributed by atoms with Crippen molar-refractivity contribution in [3.63, 3.8) is 0 Å². The van der Waals surface area contributed by atoms with E-state index in [1.165, 1.54) is 18.1 Å². The zero-order chi connectivity index (χ0) is 17.1. The van der Waals surface area contributed by atoms with Gasteiger partial charge in [0.05, 0.1) is 19.9 Å². The highest BCUT2D eigenvalue weighted by Gasteiger charge is 2.36. The van der Waals surface area contributed by atoms with Gasteiger partial charge >= 0.3 is 0 Å². The van der Waals surface area contributed by atoms with Gasteiger partial charge < -0.3 is 15.0 Å². The summed E-state index contributed by atoms with van der Waals surface area (Å²) in [6.45, 7) is 0.284. The number of aromatic nitrogens is 1. The Morgan fingerprint density at radius 3 is 2.92 bits per heavy atom. The molecule has 0 unspecified atom stereocenters. The van der Waals surface area contributed by atoms with Crippen molar-refractivity contribution in [2.45, 2.75) is 38.1 Å². The molecule has 0 radical (unpaired) electrons. The number of hydrogen-bond donors (Lipinski definition) is 1. The van der Waals surface area contributed by atoms with Gasteiger partial charge in [0.15, 0.2) is 10.3 Å². The van der Waals surface area contributed by atoms with Gasteiger partial charge in [-0.05, 0) is 12.3 Å². The van der Waals surface area contributed by atoms with E-state index in [1.807, 2.05) is 0 Å². The molecule has 1 N–H and O–H groups in total. The van der Waals surface area contributed by atoms with E-state index in [1.54, 1.807) is 0 Å². The van der Waals surface area contributed by atoms with Crippen LogP contribution in [0.3, 0.4) is 0 Å². The normalized spacial score (nSPS) is 19.5. The van der Waals surface area contributed by atoms with E-state index < -0.39 is 11.2 Å². The maximum atomic E-state index is 13.1. The number of ether oxygens (including phenoxy) is 1. The van der Waals surface area contributed by atoms with E-state index in [0.29, 0.717) is 18.1 Å². The third kappa shape index (κ3) is 3.75. The number of amides is 2. The van der Waals surface area contributed by atoms with Gasteiger partial charge in [-0.25, -0.2) is 4.98 Å².